The molecule has 4 rings (SSSR count). The van der Waals surface area contributed by atoms with Gasteiger partial charge in [-0.25, -0.2) is 4.79 Å². The minimum atomic E-state index is -3.01. The second-order valence-corrected chi connectivity index (χ2v) is 10.0. The molecule has 0 aliphatic carbocycles. The van der Waals surface area contributed by atoms with E-state index in [1.54, 1.807) is 21.4 Å². The van der Waals surface area contributed by atoms with Gasteiger partial charge in [-0.2, -0.15) is 8.78 Å². The van der Waals surface area contributed by atoms with E-state index < -0.39 is 5.66 Å². The summed E-state index contributed by atoms with van der Waals surface area (Å²) in [6, 6.07) is 14.7. The summed E-state index contributed by atoms with van der Waals surface area (Å²) in [5.74, 6) is 0.0912. The normalized spacial score (nSPS) is 24.1. The first-order valence-electron chi connectivity index (χ1n) is 11.7. The maximum atomic E-state index is 14.1. The molecule has 6 nitrogen and oxygen atoms in total. The van der Waals surface area contributed by atoms with Crippen molar-refractivity contribution in [3.63, 3.8) is 0 Å². The van der Waals surface area contributed by atoms with E-state index in [1.165, 1.54) is 6.07 Å². The summed E-state index contributed by atoms with van der Waals surface area (Å²) in [6.07, 6.45) is 1.10. The molecular formula is C25H33F2N4O2P. The van der Waals surface area contributed by atoms with Gasteiger partial charge < -0.3 is 25.6 Å². The third-order valence-electron chi connectivity index (χ3n) is 6.53. The van der Waals surface area contributed by atoms with Gasteiger partial charge in [-0.3, -0.25) is 0 Å². The van der Waals surface area contributed by atoms with E-state index in [1.807, 2.05) is 37.2 Å². The smallest absolute Gasteiger partial charge is 0.314 e. The maximum absolute atomic E-state index is 14.1. The lowest BCUT2D eigenvalue weighted by molar-refractivity contribution is -0.0907. The molecule has 2 amide bonds. The molecular weight excluding hydrogens is 457 g/mol. The highest BCUT2D eigenvalue weighted by atomic mass is 31.0. The van der Waals surface area contributed by atoms with Gasteiger partial charge in [0, 0.05) is 42.4 Å². The molecule has 0 aromatic heterocycles. The second-order valence-electron chi connectivity index (χ2n) is 9.32. The average Bonchev–Trinajstić information content (AvgIpc) is 2.81. The summed E-state index contributed by atoms with van der Waals surface area (Å²) in [6.45, 7) is 1.68. The Morgan fingerprint density at radius 1 is 1.18 bits per heavy atom. The SMILES string of the molecule is CN(C)CCNC(=O)NCC1CCC2C(O1)c1cc(C(F)(F)P)ccc1N[C@H]2c1ccccc1. The summed E-state index contributed by atoms with van der Waals surface area (Å²) in [4.78, 5) is 14.1. The van der Waals surface area contributed by atoms with E-state index >= 15 is 0 Å². The molecule has 9 heteroatoms. The number of carbonyl (C=O) groups excluding carboxylic acids is 1. The Balaban J connectivity index is 1.52. The van der Waals surface area contributed by atoms with Crippen molar-refractivity contribution in [2.24, 2.45) is 5.92 Å². The zero-order valence-electron chi connectivity index (χ0n) is 19.6. The fourth-order valence-corrected chi connectivity index (χ4v) is 4.95. The van der Waals surface area contributed by atoms with Crippen LogP contribution in [0.5, 0.6) is 0 Å². The minimum Gasteiger partial charge on any atom is -0.378 e. The first-order valence-corrected chi connectivity index (χ1v) is 12.2. The number of alkyl halides is 2. The summed E-state index contributed by atoms with van der Waals surface area (Å²) in [7, 11) is 5.51. The van der Waals surface area contributed by atoms with Crippen molar-refractivity contribution in [1.29, 1.82) is 0 Å². The summed E-state index contributed by atoms with van der Waals surface area (Å²) in [5, 5.41) is 9.30. The number of amides is 2. The number of fused-ring (bicyclic) bond motifs is 3. The zero-order valence-corrected chi connectivity index (χ0v) is 20.7. The van der Waals surface area contributed by atoms with Gasteiger partial charge in [0.15, 0.2) is 0 Å². The lowest BCUT2D eigenvalue weighted by atomic mass is 9.76. The summed E-state index contributed by atoms with van der Waals surface area (Å²) < 4.78 is 34.6. The highest BCUT2D eigenvalue weighted by molar-refractivity contribution is 7.17. The molecule has 34 heavy (non-hydrogen) atoms. The fourth-order valence-electron chi connectivity index (χ4n) is 4.77. The number of nitrogens with one attached hydrogen (secondary N) is 3. The predicted molar refractivity (Wildman–Crippen MR) is 133 cm³/mol. The number of hydrogen-bond donors (Lipinski definition) is 3. The van der Waals surface area contributed by atoms with Gasteiger partial charge in [-0.1, -0.05) is 45.6 Å². The standard InChI is InChI=1S/C25H33F2N4O2P/c1-31(2)13-12-28-24(32)29-15-18-9-10-19-22(16-6-4-3-5-7-16)30-21-11-8-17(25(26,27)34)14-20(21)23(19)33-18/h3-8,11,14,18-19,22-23,30H,9-10,12-13,15,34H2,1-2H3,(H2,28,29,32)/t18?,19?,22-,23?/m0/s1. The van der Waals surface area contributed by atoms with E-state index in [4.69, 9.17) is 4.74 Å². The Labute approximate surface area is 202 Å². The molecule has 0 spiro atoms. The van der Waals surface area contributed by atoms with Crippen molar-refractivity contribution >= 4 is 21.0 Å². The molecule has 2 aliphatic rings. The van der Waals surface area contributed by atoms with Crippen LogP contribution in [0.2, 0.25) is 0 Å². The van der Waals surface area contributed by atoms with E-state index in [0.29, 0.717) is 13.1 Å². The van der Waals surface area contributed by atoms with Crippen molar-refractivity contribution < 1.29 is 18.3 Å². The zero-order chi connectivity index (χ0) is 24.3. The van der Waals surface area contributed by atoms with E-state index in [9.17, 15) is 13.6 Å². The molecule has 4 unspecified atom stereocenters. The van der Waals surface area contributed by atoms with Crippen molar-refractivity contribution in [1.82, 2.24) is 15.5 Å². The van der Waals surface area contributed by atoms with Crippen LogP contribution < -0.4 is 16.0 Å². The topological polar surface area (TPSA) is 65.6 Å². The summed E-state index contributed by atoms with van der Waals surface area (Å²) in [5.41, 5.74) is -0.371. The number of anilines is 1. The molecule has 2 aromatic rings. The van der Waals surface area contributed by atoms with Gasteiger partial charge in [0.2, 0.25) is 0 Å². The monoisotopic (exact) mass is 490 g/mol. The van der Waals surface area contributed by atoms with Crippen LogP contribution in [-0.2, 0) is 10.4 Å². The quantitative estimate of drug-likeness (QED) is 0.501. The van der Waals surface area contributed by atoms with Crippen molar-refractivity contribution in [2.75, 3.05) is 39.0 Å². The lowest BCUT2D eigenvalue weighted by Gasteiger charge is -2.46. The Bertz CT molecular complexity index is 987. The molecule has 0 bridgehead atoms. The molecule has 184 valence electrons. The van der Waals surface area contributed by atoms with Gasteiger partial charge in [-0.05, 0) is 44.6 Å². The molecule has 1 saturated heterocycles. The van der Waals surface area contributed by atoms with Crippen molar-refractivity contribution in [3.05, 3.63) is 65.2 Å². The highest BCUT2D eigenvalue weighted by Gasteiger charge is 2.43. The Hall–Kier alpha value is -2.28. The van der Waals surface area contributed by atoms with E-state index in [2.05, 4.69) is 28.1 Å². The number of ether oxygens (including phenoxy) is 1. The first kappa shape index (κ1) is 24.8. The van der Waals surface area contributed by atoms with Crippen LogP contribution >= 0.6 is 9.24 Å². The van der Waals surface area contributed by atoms with Crippen LogP contribution in [0.25, 0.3) is 0 Å². The Morgan fingerprint density at radius 2 is 1.94 bits per heavy atom. The predicted octanol–water partition coefficient (Wildman–Crippen LogP) is 4.47. The van der Waals surface area contributed by atoms with Gasteiger partial charge in [0.1, 0.15) is 0 Å². The van der Waals surface area contributed by atoms with Crippen LogP contribution in [0.15, 0.2) is 48.5 Å². The van der Waals surface area contributed by atoms with Gasteiger partial charge >= 0.3 is 6.03 Å². The maximum Gasteiger partial charge on any atom is 0.314 e. The van der Waals surface area contributed by atoms with Crippen LogP contribution in [-0.4, -0.2) is 50.8 Å². The molecule has 0 radical (unpaired) electrons. The number of benzene rings is 2. The molecule has 3 N–H and O–H groups in total. The van der Waals surface area contributed by atoms with Crippen LogP contribution in [0.1, 0.15) is 41.7 Å². The highest BCUT2D eigenvalue weighted by Crippen LogP contribution is 2.51. The van der Waals surface area contributed by atoms with Crippen molar-refractivity contribution in [2.45, 2.75) is 36.8 Å². The van der Waals surface area contributed by atoms with Crippen LogP contribution in [0, 0.1) is 5.92 Å². The third kappa shape index (κ3) is 5.85. The molecule has 1 fully saturated rings. The van der Waals surface area contributed by atoms with Crippen LogP contribution in [0.3, 0.4) is 0 Å². The van der Waals surface area contributed by atoms with Gasteiger partial charge in [0.25, 0.3) is 5.66 Å². The van der Waals surface area contributed by atoms with E-state index in [-0.39, 0.29) is 35.8 Å². The molecule has 5 atom stereocenters. The Morgan fingerprint density at radius 3 is 2.65 bits per heavy atom. The number of urea groups is 1. The summed E-state index contributed by atoms with van der Waals surface area (Å²) >= 11 is 0. The number of nitrogens with zero attached hydrogens (tertiary/aromatic N) is 1. The molecule has 2 aromatic carbocycles. The van der Waals surface area contributed by atoms with Gasteiger partial charge in [-0.15, -0.1) is 0 Å². The first-order chi connectivity index (χ1) is 16.2. The number of halogens is 2. The third-order valence-corrected chi connectivity index (χ3v) is 6.86. The largest absolute Gasteiger partial charge is 0.378 e. The average molecular weight is 491 g/mol. The lowest BCUT2D eigenvalue weighted by Crippen LogP contribution is -2.46. The van der Waals surface area contributed by atoms with Crippen molar-refractivity contribution in [3.8, 4) is 0 Å². The molecule has 0 saturated carbocycles. The number of rotatable bonds is 7. The minimum absolute atomic E-state index is 0.0179. The van der Waals surface area contributed by atoms with Crippen LogP contribution in [0.4, 0.5) is 19.3 Å². The second kappa shape index (κ2) is 10.5. The number of likely N-dealkylation sites (N-methyl/N-ethyl adjacent to an activating group) is 1. The van der Waals surface area contributed by atoms with Gasteiger partial charge in [0.05, 0.1) is 18.2 Å². The molecule has 2 heterocycles. The molecule has 2 aliphatic heterocycles. The number of carbonyl (C=O) groups is 1. The van der Waals surface area contributed by atoms with E-state index in [0.717, 1.165) is 36.2 Å². The number of hydrogen-bond acceptors (Lipinski definition) is 4. The fraction of sp³-hybridized carbons (Fsp3) is 0.480. The Kier molecular flexibility index (Phi) is 7.70.